The molecule has 29 heavy (non-hydrogen) atoms. The highest BCUT2D eigenvalue weighted by molar-refractivity contribution is 7.09. The Kier molecular flexibility index (Phi) is 5.09. The second-order valence-corrected chi connectivity index (χ2v) is 7.37. The van der Waals surface area contributed by atoms with Gasteiger partial charge in [0.15, 0.2) is 5.65 Å². The van der Waals surface area contributed by atoms with Gasteiger partial charge < -0.3 is 9.47 Å². The van der Waals surface area contributed by atoms with E-state index in [0.717, 1.165) is 4.88 Å². The molecule has 0 amide bonds. The molecule has 1 aromatic carbocycles. The number of ether oxygens (including phenoxy) is 2. The van der Waals surface area contributed by atoms with Crippen LogP contribution in [0.1, 0.15) is 31.3 Å². The largest absolute Gasteiger partial charge is 0.465 e. The van der Waals surface area contributed by atoms with Gasteiger partial charge in [0.05, 0.1) is 36.4 Å². The highest BCUT2D eigenvalue weighted by Crippen LogP contribution is 2.22. The van der Waals surface area contributed by atoms with Crippen molar-refractivity contribution in [3.63, 3.8) is 0 Å². The molecule has 3 aromatic heterocycles. The number of rotatable bonds is 5. The minimum absolute atomic E-state index is 0.330. The zero-order chi connectivity index (χ0) is 20.4. The van der Waals surface area contributed by atoms with Crippen LogP contribution in [0.15, 0.2) is 54.0 Å². The Bertz CT molecular complexity index is 1180. The van der Waals surface area contributed by atoms with Crippen LogP contribution >= 0.6 is 11.3 Å². The van der Waals surface area contributed by atoms with E-state index in [1.807, 2.05) is 24.4 Å². The third kappa shape index (κ3) is 3.88. The van der Waals surface area contributed by atoms with E-state index < -0.39 is 11.9 Å². The average Bonchev–Trinajstić information content (AvgIpc) is 3.38. The van der Waals surface area contributed by atoms with E-state index in [9.17, 15) is 9.59 Å². The Morgan fingerprint density at radius 1 is 1.14 bits per heavy atom. The lowest BCUT2D eigenvalue weighted by Crippen LogP contribution is -2.11. The number of aryl methyl sites for hydroxylation is 1. The first-order valence-corrected chi connectivity index (χ1v) is 9.69. The van der Waals surface area contributed by atoms with E-state index in [0.29, 0.717) is 40.1 Å². The molecule has 0 saturated carbocycles. The van der Waals surface area contributed by atoms with Gasteiger partial charge in [-0.1, -0.05) is 6.07 Å². The van der Waals surface area contributed by atoms with Crippen molar-refractivity contribution in [2.24, 2.45) is 0 Å². The molecule has 0 N–H and O–H groups in total. The highest BCUT2D eigenvalue weighted by atomic mass is 32.1. The molecular weight excluding hydrogens is 390 g/mol. The van der Waals surface area contributed by atoms with Crippen LogP contribution in [0.4, 0.5) is 0 Å². The van der Waals surface area contributed by atoms with Crippen molar-refractivity contribution in [1.29, 1.82) is 0 Å². The number of carbonyl (C=O) groups excluding carboxylic acids is 2. The Morgan fingerprint density at radius 2 is 1.93 bits per heavy atom. The molecule has 146 valence electrons. The summed E-state index contributed by atoms with van der Waals surface area (Å²) in [4.78, 5) is 30.0. The number of hydrogen-bond acceptors (Lipinski definition) is 7. The summed E-state index contributed by atoms with van der Waals surface area (Å²) in [5.41, 5.74) is 2.09. The number of esters is 2. The third-order valence-electron chi connectivity index (χ3n) is 4.33. The van der Waals surface area contributed by atoms with E-state index in [1.165, 1.54) is 7.11 Å². The number of benzene rings is 1. The lowest BCUT2D eigenvalue weighted by atomic mass is 10.1. The molecule has 4 aromatic rings. The molecule has 0 aliphatic heterocycles. The standard InChI is InChI=1S/C21H17N3O4S/c1-13-10-17(21(26)28-15-7-5-14(6-8-15)20(25)27-2)18-11-22-24(19(18)23-13)12-16-4-3-9-29-16/h3-11H,12H2,1-2H3. The smallest absolute Gasteiger partial charge is 0.344 e. The molecule has 8 heteroatoms. The molecule has 0 fully saturated rings. The van der Waals surface area contributed by atoms with Crippen molar-refractivity contribution < 1.29 is 19.1 Å². The van der Waals surface area contributed by atoms with Crippen molar-refractivity contribution in [3.8, 4) is 5.75 Å². The number of methoxy groups -OCH3 is 1. The second kappa shape index (κ2) is 7.84. The van der Waals surface area contributed by atoms with Gasteiger partial charge in [-0.2, -0.15) is 5.10 Å². The van der Waals surface area contributed by atoms with Crippen molar-refractivity contribution in [2.45, 2.75) is 13.5 Å². The summed E-state index contributed by atoms with van der Waals surface area (Å²) in [7, 11) is 1.31. The molecule has 0 unspecified atom stereocenters. The number of fused-ring (bicyclic) bond motifs is 1. The summed E-state index contributed by atoms with van der Waals surface area (Å²) in [5.74, 6) is -0.634. The minimum atomic E-state index is -0.512. The van der Waals surface area contributed by atoms with Gasteiger partial charge in [0.2, 0.25) is 0 Å². The molecule has 0 radical (unpaired) electrons. The van der Waals surface area contributed by atoms with Gasteiger partial charge in [-0.25, -0.2) is 19.3 Å². The SMILES string of the molecule is COC(=O)c1ccc(OC(=O)c2cc(C)nc3c2cnn3Cc2cccs2)cc1. The first-order valence-electron chi connectivity index (χ1n) is 8.81. The first-order chi connectivity index (χ1) is 14.0. The zero-order valence-electron chi connectivity index (χ0n) is 15.8. The van der Waals surface area contributed by atoms with Crippen LogP contribution < -0.4 is 4.74 Å². The number of nitrogens with zero attached hydrogens (tertiary/aromatic N) is 3. The van der Waals surface area contributed by atoms with E-state index in [4.69, 9.17) is 4.74 Å². The van der Waals surface area contributed by atoms with Gasteiger partial charge >= 0.3 is 11.9 Å². The van der Waals surface area contributed by atoms with Crippen LogP contribution in [0, 0.1) is 6.92 Å². The molecule has 3 heterocycles. The van der Waals surface area contributed by atoms with E-state index in [-0.39, 0.29) is 0 Å². The predicted octanol–water partition coefficient (Wildman–Crippen LogP) is 3.86. The van der Waals surface area contributed by atoms with E-state index in [1.54, 1.807) is 52.5 Å². The summed E-state index contributed by atoms with van der Waals surface area (Å²) in [6.45, 7) is 2.41. The maximum atomic E-state index is 12.8. The van der Waals surface area contributed by atoms with Gasteiger partial charge in [0, 0.05) is 10.6 Å². The molecule has 0 aliphatic carbocycles. The number of thiophene rings is 1. The summed E-state index contributed by atoms with van der Waals surface area (Å²) in [5, 5.41) is 7.04. The summed E-state index contributed by atoms with van der Waals surface area (Å²) >= 11 is 1.64. The maximum absolute atomic E-state index is 12.8. The third-order valence-corrected chi connectivity index (χ3v) is 5.19. The molecular formula is C21H17N3O4S. The fourth-order valence-corrected chi connectivity index (χ4v) is 3.63. The molecule has 7 nitrogen and oxygen atoms in total. The number of aromatic nitrogens is 3. The molecule has 0 spiro atoms. The lowest BCUT2D eigenvalue weighted by molar-refractivity contribution is 0.0600. The van der Waals surface area contributed by atoms with Gasteiger partial charge in [0.1, 0.15) is 5.75 Å². The van der Waals surface area contributed by atoms with Crippen LogP contribution in [0.5, 0.6) is 5.75 Å². The maximum Gasteiger partial charge on any atom is 0.344 e. The molecule has 4 rings (SSSR count). The number of pyridine rings is 1. The zero-order valence-corrected chi connectivity index (χ0v) is 16.6. The Morgan fingerprint density at radius 3 is 2.62 bits per heavy atom. The fraction of sp³-hybridized carbons (Fsp3) is 0.143. The second-order valence-electron chi connectivity index (χ2n) is 6.34. The van der Waals surface area contributed by atoms with Gasteiger partial charge in [-0.3, -0.25) is 0 Å². The monoisotopic (exact) mass is 407 g/mol. The van der Waals surface area contributed by atoms with Gasteiger partial charge in [-0.15, -0.1) is 11.3 Å². The number of carbonyl (C=O) groups is 2. The summed E-state index contributed by atoms with van der Waals surface area (Å²) < 4.78 is 11.9. The van der Waals surface area contributed by atoms with Crippen molar-refractivity contribution >= 4 is 34.3 Å². The van der Waals surface area contributed by atoms with Crippen LogP contribution in [0.2, 0.25) is 0 Å². The fourth-order valence-electron chi connectivity index (χ4n) is 2.95. The predicted molar refractivity (Wildman–Crippen MR) is 108 cm³/mol. The van der Waals surface area contributed by atoms with Crippen LogP contribution in [-0.2, 0) is 11.3 Å². The van der Waals surface area contributed by atoms with Crippen molar-refractivity contribution in [2.75, 3.05) is 7.11 Å². The lowest BCUT2D eigenvalue weighted by Gasteiger charge is -2.08. The molecule has 0 aliphatic rings. The van der Waals surface area contributed by atoms with Crippen LogP contribution in [0.25, 0.3) is 11.0 Å². The quantitative estimate of drug-likeness (QED) is 0.369. The number of hydrogen-bond donors (Lipinski definition) is 0. The Labute approximate surface area is 170 Å². The molecule has 0 bridgehead atoms. The van der Waals surface area contributed by atoms with Crippen LogP contribution in [0.3, 0.4) is 0 Å². The van der Waals surface area contributed by atoms with Crippen LogP contribution in [-0.4, -0.2) is 33.8 Å². The molecule has 0 atom stereocenters. The van der Waals surface area contributed by atoms with Crippen molar-refractivity contribution in [3.05, 3.63) is 75.7 Å². The van der Waals surface area contributed by atoms with E-state index >= 15 is 0 Å². The summed E-state index contributed by atoms with van der Waals surface area (Å²) in [6, 6.07) is 11.9. The van der Waals surface area contributed by atoms with Crippen molar-refractivity contribution in [1.82, 2.24) is 14.8 Å². The van der Waals surface area contributed by atoms with Gasteiger partial charge in [0.25, 0.3) is 0 Å². The van der Waals surface area contributed by atoms with Gasteiger partial charge in [-0.05, 0) is 48.7 Å². The summed E-state index contributed by atoms with van der Waals surface area (Å²) in [6.07, 6.45) is 1.63. The minimum Gasteiger partial charge on any atom is -0.465 e. The average molecular weight is 407 g/mol. The normalized spacial score (nSPS) is 10.8. The van der Waals surface area contributed by atoms with E-state index in [2.05, 4.69) is 14.8 Å². The Hall–Kier alpha value is -3.52. The molecule has 0 saturated heterocycles. The highest BCUT2D eigenvalue weighted by Gasteiger charge is 2.18. The topological polar surface area (TPSA) is 83.3 Å². The first kappa shape index (κ1) is 18.8. The Balaban J connectivity index is 1.62.